The fourth-order valence-corrected chi connectivity index (χ4v) is 2.29. The van der Waals surface area contributed by atoms with Crippen molar-refractivity contribution in [2.45, 2.75) is 6.92 Å². The van der Waals surface area contributed by atoms with E-state index in [2.05, 4.69) is 5.32 Å². The van der Waals surface area contributed by atoms with Gasteiger partial charge in [-0.25, -0.2) is 0 Å². The second-order valence-corrected chi connectivity index (χ2v) is 5.18. The van der Waals surface area contributed by atoms with Crippen LogP contribution in [0.2, 0.25) is 0 Å². The molecule has 0 aliphatic carbocycles. The van der Waals surface area contributed by atoms with Gasteiger partial charge in [0.2, 0.25) is 0 Å². The number of hydrogen-bond acceptors (Lipinski definition) is 2. The van der Waals surface area contributed by atoms with Crippen molar-refractivity contribution < 1.29 is 9.53 Å². The third-order valence-electron chi connectivity index (χ3n) is 3.50. The molecule has 1 N–H and O–H groups in total. The Morgan fingerprint density at radius 3 is 2.26 bits per heavy atom. The van der Waals surface area contributed by atoms with Gasteiger partial charge in [-0.05, 0) is 42.8 Å². The summed E-state index contributed by atoms with van der Waals surface area (Å²) in [5, 5.41) is 2.92. The monoisotopic (exact) mass is 303 g/mol. The molecule has 0 spiro atoms. The number of hydrogen-bond donors (Lipinski definition) is 1. The number of anilines is 1. The minimum absolute atomic E-state index is 0.146. The summed E-state index contributed by atoms with van der Waals surface area (Å²) < 4.78 is 5.86. The average molecular weight is 303 g/mol. The van der Waals surface area contributed by atoms with Gasteiger partial charge in [0.05, 0.1) is 5.69 Å². The van der Waals surface area contributed by atoms with Gasteiger partial charge < -0.3 is 10.1 Å². The van der Waals surface area contributed by atoms with Gasteiger partial charge in [0, 0.05) is 5.56 Å². The normalized spacial score (nSPS) is 10.1. The van der Waals surface area contributed by atoms with Crippen LogP contribution in [-0.4, -0.2) is 5.91 Å². The lowest BCUT2D eigenvalue weighted by molar-refractivity contribution is 0.102. The molecule has 0 aromatic heterocycles. The molecule has 0 atom stereocenters. The summed E-state index contributed by atoms with van der Waals surface area (Å²) in [4.78, 5) is 12.5. The number of benzene rings is 3. The first-order chi connectivity index (χ1) is 11.2. The molecule has 3 rings (SSSR count). The summed E-state index contributed by atoms with van der Waals surface area (Å²) in [6.45, 7) is 1.92. The highest BCUT2D eigenvalue weighted by Crippen LogP contribution is 2.29. The lowest BCUT2D eigenvalue weighted by Crippen LogP contribution is -2.13. The molecule has 3 heteroatoms. The van der Waals surface area contributed by atoms with Gasteiger partial charge in [-0.2, -0.15) is 0 Å². The molecule has 0 heterocycles. The molecule has 0 saturated heterocycles. The van der Waals surface area contributed by atoms with Gasteiger partial charge in [0.15, 0.2) is 5.75 Å². The van der Waals surface area contributed by atoms with Crippen LogP contribution >= 0.6 is 0 Å². The van der Waals surface area contributed by atoms with E-state index in [1.54, 1.807) is 0 Å². The van der Waals surface area contributed by atoms with Crippen molar-refractivity contribution in [3.8, 4) is 11.5 Å². The second-order valence-electron chi connectivity index (χ2n) is 5.18. The molecule has 0 bridgehead atoms. The van der Waals surface area contributed by atoms with E-state index in [0.717, 1.165) is 11.3 Å². The Kier molecular flexibility index (Phi) is 4.39. The number of aryl methyl sites for hydroxylation is 1. The third-order valence-corrected chi connectivity index (χ3v) is 3.50. The van der Waals surface area contributed by atoms with Crippen LogP contribution in [0.25, 0.3) is 0 Å². The highest BCUT2D eigenvalue weighted by atomic mass is 16.5. The first kappa shape index (κ1) is 14.9. The number of carbonyl (C=O) groups is 1. The van der Waals surface area contributed by atoms with E-state index < -0.39 is 0 Å². The molecular weight excluding hydrogens is 286 g/mol. The van der Waals surface area contributed by atoms with Gasteiger partial charge >= 0.3 is 0 Å². The van der Waals surface area contributed by atoms with Gasteiger partial charge in [0.1, 0.15) is 5.75 Å². The quantitative estimate of drug-likeness (QED) is 0.733. The maximum atomic E-state index is 12.5. The minimum Gasteiger partial charge on any atom is -0.455 e. The zero-order valence-electron chi connectivity index (χ0n) is 12.8. The molecule has 1 amide bonds. The lowest BCUT2D eigenvalue weighted by atomic mass is 10.1. The number of carbonyl (C=O) groups excluding carboxylic acids is 1. The van der Waals surface area contributed by atoms with Crippen molar-refractivity contribution in [2.24, 2.45) is 0 Å². The van der Waals surface area contributed by atoms with Crippen LogP contribution in [0.5, 0.6) is 11.5 Å². The molecule has 0 radical (unpaired) electrons. The fourth-order valence-electron chi connectivity index (χ4n) is 2.29. The van der Waals surface area contributed by atoms with Crippen LogP contribution < -0.4 is 10.1 Å². The second kappa shape index (κ2) is 6.79. The minimum atomic E-state index is -0.146. The molecule has 0 unspecified atom stereocenters. The zero-order chi connectivity index (χ0) is 16.1. The first-order valence-electron chi connectivity index (χ1n) is 7.43. The Labute approximate surface area is 135 Å². The Hall–Kier alpha value is -3.07. The Balaban J connectivity index is 1.84. The number of nitrogens with one attached hydrogen (secondary N) is 1. The molecule has 114 valence electrons. The van der Waals surface area contributed by atoms with Crippen LogP contribution in [-0.2, 0) is 0 Å². The van der Waals surface area contributed by atoms with Crippen molar-refractivity contribution >= 4 is 11.6 Å². The topological polar surface area (TPSA) is 38.3 Å². The maximum Gasteiger partial charge on any atom is 0.256 e. The summed E-state index contributed by atoms with van der Waals surface area (Å²) in [7, 11) is 0. The van der Waals surface area contributed by atoms with Gasteiger partial charge in [-0.3, -0.25) is 4.79 Å². The van der Waals surface area contributed by atoms with Gasteiger partial charge in [0.25, 0.3) is 5.91 Å². The van der Waals surface area contributed by atoms with E-state index in [-0.39, 0.29) is 5.91 Å². The van der Waals surface area contributed by atoms with Crippen LogP contribution in [0, 0.1) is 6.92 Å². The molecular formula is C20H17NO2. The van der Waals surface area contributed by atoms with E-state index in [1.165, 1.54) is 0 Å². The molecule has 3 aromatic rings. The van der Waals surface area contributed by atoms with E-state index in [4.69, 9.17) is 4.74 Å². The van der Waals surface area contributed by atoms with Crippen LogP contribution in [0.3, 0.4) is 0 Å². The van der Waals surface area contributed by atoms with Crippen molar-refractivity contribution in [1.82, 2.24) is 0 Å². The van der Waals surface area contributed by atoms with Crippen molar-refractivity contribution in [2.75, 3.05) is 5.32 Å². The molecule has 0 aliphatic rings. The van der Waals surface area contributed by atoms with Crippen molar-refractivity contribution in [3.63, 3.8) is 0 Å². The predicted molar refractivity (Wildman–Crippen MR) is 92.1 cm³/mol. The van der Waals surface area contributed by atoms with Crippen LogP contribution in [0.1, 0.15) is 15.9 Å². The highest BCUT2D eigenvalue weighted by molar-refractivity contribution is 6.06. The summed E-state index contributed by atoms with van der Waals surface area (Å²) in [5.41, 5.74) is 2.23. The van der Waals surface area contributed by atoms with E-state index >= 15 is 0 Å². The van der Waals surface area contributed by atoms with E-state index in [0.29, 0.717) is 17.0 Å². The Bertz CT molecular complexity index is 813. The maximum absolute atomic E-state index is 12.5. The molecule has 0 fully saturated rings. The predicted octanol–water partition coefficient (Wildman–Crippen LogP) is 5.04. The SMILES string of the molecule is Cc1ccccc1C(=O)Nc1ccccc1Oc1ccccc1. The number of ether oxygens (including phenoxy) is 1. The smallest absolute Gasteiger partial charge is 0.256 e. The zero-order valence-corrected chi connectivity index (χ0v) is 12.8. The summed E-state index contributed by atoms with van der Waals surface area (Å²) in [6.07, 6.45) is 0. The molecule has 0 saturated carbocycles. The average Bonchev–Trinajstić information content (AvgIpc) is 2.58. The number of rotatable bonds is 4. The third kappa shape index (κ3) is 3.58. The van der Waals surface area contributed by atoms with Crippen molar-refractivity contribution in [3.05, 3.63) is 90.0 Å². The Morgan fingerprint density at radius 2 is 1.48 bits per heavy atom. The van der Waals surface area contributed by atoms with E-state index in [9.17, 15) is 4.79 Å². The summed E-state index contributed by atoms with van der Waals surface area (Å²) >= 11 is 0. The van der Waals surface area contributed by atoms with Crippen LogP contribution in [0.4, 0.5) is 5.69 Å². The molecule has 23 heavy (non-hydrogen) atoms. The molecule has 0 aliphatic heterocycles. The standard InChI is InChI=1S/C20H17NO2/c1-15-9-5-6-12-17(15)20(22)21-18-13-7-8-14-19(18)23-16-10-3-2-4-11-16/h2-14H,1H3,(H,21,22). The largest absolute Gasteiger partial charge is 0.455 e. The van der Waals surface area contributed by atoms with E-state index in [1.807, 2.05) is 85.8 Å². The molecule has 3 nitrogen and oxygen atoms in total. The summed E-state index contributed by atoms with van der Waals surface area (Å²) in [5.74, 6) is 1.19. The van der Waals surface area contributed by atoms with Gasteiger partial charge in [-0.15, -0.1) is 0 Å². The lowest BCUT2D eigenvalue weighted by Gasteiger charge is -2.13. The van der Waals surface area contributed by atoms with Crippen molar-refractivity contribution in [1.29, 1.82) is 0 Å². The number of para-hydroxylation sites is 3. The number of amides is 1. The summed E-state index contributed by atoms with van der Waals surface area (Å²) in [6, 6.07) is 24.4. The molecule has 3 aromatic carbocycles. The highest BCUT2D eigenvalue weighted by Gasteiger charge is 2.11. The first-order valence-corrected chi connectivity index (χ1v) is 7.43. The fraction of sp³-hybridized carbons (Fsp3) is 0.0500. The Morgan fingerprint density at radius 1 is 0.826 bits per heavy atom. The van der Waals surface area contributed by atoms with Gasteiger partial charge in [-0.1, -0.05) is 48.5 Å². The van der Waals surface area contributed by atoms with Crippen LogP contribution in [0.15, 0.2) is 78.9 Å².